The number of benzene rings is 1. The highest BCUT2D eigenvalue weighted by Gasteiger charge is 2.94. The predicted molar refractivity (Wildman–Crippen MR) is 86.1 cm³/mol. The Bertz CT molecular complexity index is 876. The molecule has 5 atom stereocenters. The van der Waals surface area contributed by atoms with E-state index in [2.05, 4.69) is 17.1 Å². The molecule has 2 heterocycles. The second-order valence-corrected chi connectivity index (χ2v) is 7.10. The Morgan fingerprint density at radius 3 is 2.62 bits per heavy atom. The Balaban J connectivity index is 1.94. The first-order valence-corrected chi connectivity index (χ1v) is 8.09. The Hall–Kier alpha value is -1.83. The Kier molecular flexibility index (Phi) is 3.02. The molecule has 0 amide bonds. The Morgan fingerprint density at radius 2 is 2.08 bits per heavy atom. The number of rotatable bonds is 1. The van der Waals surface area contributed by atoms with Crippen LogP contribution in [0, 0.1) is 33.5 Å². The number of nitrogens with two attached hydrogens (primary N) is 1. The van der Waals surface area contributed by atoms with Crippen molar-refractivity contribution in [2.24, 2.45) is 21.6 Å². The number of ether oxygens (including phenoxy) is 2. The molecule has 3 aliphatic rings. The zero-order valence-corrected chi connectivity index (χ0v) is 14.1. The lowest BCUT2D eigenvalue weighted by Gasteiger charge is -2.26. The molecule has 6 nitrogen and oxygen atoms in total. The summed E-state index contributed by atoms with van der Waals surface area (Å²) in [5.41, 5.74) is 3.98. The van der Waals surface area contributed by atoms with E-state index in [4.69, 9.17) is 38.4 Å². The lowest BCUT2D eigenvalue weighted by Crippen LogP contribution is -2.39. The second-order valence-electron chi connectivity index (χ2n) is 6.26. The SMILES string of the molecule is C[C@H]1CO[C@]2(N=C(N)[C@@]3(C#N)[C@@H](c4ccc(Cl)cc4Cl)[C@@]23C#N)O1. The fourth-order valence-electron chi connectivity index (χ4n) is 4.06. The zero-order chi connectivity index (χ0) is 17.3. The standard InChI is InChI=1S/C16H12Cl2N4O2/c1-8-5-23-16(24-8)15(7-20)12(14(15,6-19)13(21)22-16)10-3-2-9(17)4-11(10)18/h2-4,8,12H,5H2,1H3,(H2,21,22)/t8-,12+,14+,15+,16-/m0/s1. The van der Waals surface area contributed by atoms with Crippen molar-refractivity contribution in [2.75, 3.05) is 6.61 Å². The first kappa shape index (κ1) is 15.7. The average molecular weight is 363 g/mol. The van der Waals surface area contributed by atoms with E-state index in [1.807, 2.05) is 6.92 Å². The highest BCUT2D eigenvalue weighted by atomic mass is 35.5. The third kappa shape index (κ3) is 1.46. The second kappa shape index (κ2) is 4.62. The Labute approximate surface area is 148 Å². The van der Waals surface area contributed by atoms with Crippen molar-refractivity contribution < 1.29 is 9.47 Å². The van der Waals surface area contributed by atoms with E-state index in [1.54, 1.807) is 18.2 Å². The van der Waals surface area contributed by atoms with Crippen LogP contribution in [0.25, 0.3) is 0 Å². The normalized spacial score (nSPS) is 42.3. The predicted octanol–water partition coefficient (Wildman–Crippen LogP) is 2.57. The van der Waals surface area contributed by atoms with Gasteiger partial charge in [0.2, 0.25) is 0 Å². The number of aliphatic imine (C=N–C) groups is 1. The molecular weight excluding hydrogens is 351 g/mol. The van der Waals surface area contributed by atoms with Gasteiger partial charge in [-0.1, -0.05) is 29.3 Å². The van der Waals surface area contributed by atoms with Gasteiger partial charge < -0.3 is 15.2 Å². The molecule has 4 rings (SSSR count). The molecule has 1 saturated heterocycles. The van der Waals surface area contributed by atoms with Crippen LogP contribution in [0.3, 0.4) is 0 Å². The summed E-state index contributed by atoms with van der Waals surface area (Å²) in [5.74, 6) is -2.14. The van der Waals surface area contributed by atoms with Gasteiger partial charge in [-0.3, -0.25) is 0 Å². The minimum Gasteiger partial charge on any atom is -0.386 e. The summed E-state index contributed by atoms with van der Waals surface area (Å²) in [7, 11) is 0. The number of halogens is 2. The third-order valence-corrected chi connectivity index (χ3v) is 5.64. The van der Waals surface area contributed by atoms with Crippen molar-refractivity contribution in [3.05, 3.63) is 33.8 Å². The summed E-state index contributed by atoms with van der Waals surface area (Å²) in [4.78, 5) is 4.25. The minimum atomic E-state index is -1.57. The number of fused-ring (bicyclic) bond motifs is 2. The van der Waals surface area contributed by atoms with Gasteiger partial charge in [0.1, 0.15) is 11.3 Å². The van der Waals surface area contributed by atoms with Crippen molar-refractivity contribution in [1.82, 2.24) is 0 Å². The fraction of sp³-hybridized carbons (Fsp3) is 0.438. The molecule has 2 aliphatic heterocycles. The molecule has 2 fully saturated rings. The van der Waals surface area contributed by atoms with Crippen molar-refractivity contribution in [3.8, 4) is 12.1 Å². The van der Waals surface area contributed by atoms with Crippen LogP contribution in [0.2, 0.25) is 10.0 Å². The van der Waals surface area contributed by atoms with Crippen LogP contribution in [0.5, 0.6) is 0 Å². The molecule has 0 unspecified atom stereocenters. The van der Waals surface area contributed by atoms with Crippen LogP contribution in [0.15, 0.2) is 23.2 Å². The molecule has 0 aromatic heterocycles. The molecule has 1 aliphatic carbocycles. The maximum atomic E-state index is 10.0. The highest BCUT2D eigenvalue weighted by Crippen LogP contribution is 2.83. The summed E-state index contributed by atoms with van der Waals surface area (Å²) in [6.07, 6.45) is -0.261. The van der Waals surface area contributed by atoms with Gasteiger partial charge in [0, 0.05) is 16.0 Å². The van der Waals surface area contributed by atoms with Gasteiger partial charge in [0.05, 0.1) is 24.8 Å². The number of hydrogen-bond acceptors (Lipinski definition) is 6. The van der Waals surface area contributed by atoms with Crippen molar-refractivity contribution in [2.45, 2.75) is 24.9 Å². The van der Waals surface area contributed by atoms with Crippen LogP contribution < -0.4 is 5.73 Å². The molecule has 0 radical (unpaired) electrons. The van der Waals surface area contributed by atoms with E-state index in [0.717, 1.165) is 0 Å². The van der Waals surface area contributed by atoms with Gasteiger partial charge >= 0.3 is 0 Å². The number of hydrogen-bond donors (Lipinski definition) is 1. The summed E-state index contributed by atoms with van der Waals surface area (Å²) >= 11 is 12.3. The van der Waals surface area contributed by atoms with Crippen molar-refractivity contribution in [3.63, 3.8) is 0 Å². The molecule has 8 heteroatoms. The van der Waals surface area contributed by atoms with Crippen LogP contribution in [-0.2, 0) is 9.47 Å². The summed E-state index contributed by atoms with van der Waals surface area (Å²) in [5, 5.41) is 20.7. The van der Waals surface area contributed by atoms with Crippen LogP contribution in [0.1, 0.15) is 18.4 Å². The highest BCUT2D eigenvalue weighted by molar-refractivity contribution is 6.35. The van der Waals surface area contributed by atoms with E-state index in [9.17, 15) is 10.5 Å². The molecule has 1 saturated carbocycles. The molecule has 24 heavy (non-hydrogen) atoms. The molecule has 1 spiro atoms. The quantitative estimate of drug-likeness (QED) is 0.826. The van der Waals surface area contributed by atoms with Gasteiger partial charge in [-0.05, 0) is 24.6 Å². The first-order chi connectivity index (χ1) is 11.4. The topological polar surface area (TPSA) is 104 Å². The van der Waals surface area contributed by atoms with Crippen LogP contribution in [0.4, 0.5) is 0 Å². The lowest BCUT2D eigenvalue weighted by molar-refractivity contribution is -0.193. The summed E-state index contributed by atoms with van der Waals surface area (Å²) in [6, 6.07) is 9.33. The van der Waals surface area contributed by atoms with Gasteiger partial charge in [-0.25, -0.2) is 4.99 Å². The minimum absolute atomic E-state index is 0.0386. The monoisotopic (exact) mass is 362 g/mol. The molecule has 1 aromatic carbocycles. The molecule has 0 bridgehead atoms. The first-order valence-electron chi connectivity index (χ1n) is 7.33. The fourth-order valence-corrected chi connectivity index (χ4v) is 4.58. The number of nitriles is 2. The Morgan fingerprint density at radius 1 is 1.33 bits per heavy atom. The smallest absolute Gasteiger partial charge is 0.293 e. The maximum absolute atomic E-state index is 10.0. The van der Waals surface area contributed by atoms with E-state index in [1.165, 1.54) is 0 Å². The van der Waals surface area contributed by atoms with Crippen molar-refractivity contribution in [1.29, 1.82) is 10.5 Å². The largest absolute Gasteiger partial charge is 0.386 e. The van der Waals surface area contributed by atoms with Gasteiger partial charge in [-0.2, -0.15) is 10.5 Å². The van der Waals surface area contributed by atoms with Gasteiger partial charge in [0.25, 0.3) is 5.91 Å². The van der Waals surface area contributed by atoms with Crippen LogP contribution in [-0.4, -0.2) is 24.5 Å². The van der Waals surface area contributed by atoms with Crippen molar-refractivity contribution >= 4 is 29.0 Å². The summed E-state index contributed by atoms with van der Waals surface area (Å²) in [6.45, 7) is 2.08. The zero-order valence-electron chi connectivity index (χ0n) is 12.6. The molecule has 1 aromatic rings. The number of nitrogens with zero attached hydrogens (tertiary/aromatic N) is 3. The summed E-state index contributed by atoms with van der Waals surface area (Å²) < 4.78 is 11.6. The van der Waals surface area contributed by atoms with Gasteiger partial charge in [-0.15, -0.1) is 0 Å². The lowest BCUT2D eigenvalue weighted by atomic mass is 9.94. The average Bonchev–Trinajstić information content (AvgIpc) is 2.90. The third-order valence-electron chi connectivity index (χ3n) is 5.08. The molecular formula is C16H12Cl2N4O2. The van der Waals surface area contributed by atoms with E-state index < -0.39 is 22.7 Å². The van der Waals surface area contributed by atoms with Crippen LogP contribution >= 0.6 is 23.2 Å². The van der Waals surface area contributed by atoms with E-state index in [0.29, 0.717) is 15.6 Å². The van der Waals surface area contributed by atoms with E-state index in [-0.39, 0.29) is 18.5 Å². The number of amidine groups is 1. The molecule has 2 N–H and O–H groups in total. The van der Waals surface area contributed by atoms with E-state index >= 15 is 0 Å². The van der Waals surface area contributed by atoms with Gasteiger partial charge in [0.15, 0.2) is 5.41 Å². The maximum Gasteiger partial charge on any atom is 0.293 e. The molecule has 122 valence electrons.